The van der Waals surface area contributed by atoms with Crippen molar-refractivity contribution < 1.29 is 4.39 Å². The number of rotatable bonds is 5. The van der Waals surface area contributed by atoms with E-state index in [9.17, 15) is 4.39 Å². The smallest absolute Gasteiger partial charge is 0.123 e. The summed E-state index contributed by atoms with van der Waals surface area (Å²) in [5.74, 6) is 5.35. The van der Waals surface area contributed by atoms with E-state index in [4.69, 9.17) is 5.84 Å². The van der Waals surface area contributed by atoms with Gasteiger partial charge in [0.15, 0.2) is 0 Å². The molecule has 3 N–H and O–H groups in total. The molecule has 0 saturated carbocycles. The molecule has 1 aromatic heterocycles. The number of benzene rings is 1. The molecule has 0 radical (unpaired) electrons. The molecule has 2 nitrogen and oxygen atoms in total. The second-order valence-electron chi connectivity index (χ2n) is 4.09. The molecule has 1 heterocycles. The lowest BCUT2D eigenvalue weighted by atomic mass is 10.0. The van der Waals surface area contributed by atoms with Crippen LogP contribution in [0.3, 0.4) is 0 Å². The molecule has 18 heavy (non-hydrogen) atoms. The van der Waals surface area contributed by atoms with E-state index >= 15 is 0 Å². The summed E-state index contributed by atoms with van der Waals surface area (Å²) in [4.78, 5) is 1.27. The monoisotopic (exact) mass is 328 g/mol. The highest BCUT2D eigenvalue weighted by atomic mass is 79.9. The number of hydrogen-bond acceptors (Lipinski definition) is 3. The molecule has 1 atom stereocenters. The first-order chi connectivity index (χ1) is 8.69. The van der Waals surface area contributed by atoms with E-state index in [0.717, 1.165) is 16.5 Å². The highest BCUT2D eigenvalue weighted by molar-refractivity contribution is 9.10. The van der Waals surface area contributed by atoms with Crippen LogP contribution in [-0.4, -0.2) is 6.04 Å². The normalized spacial score (nSPS) is 12.6. The molecule has 96 valence electrons. The van der Waals surface area contributed by atoms with Crippen molar-refractivity contribution in [3.63, 3.8) is 0 Å². The van der Waals surface area contributed by atoms with Crippen LogP contribution in [0.5, 0.6) is 0 Å². The van der Waals surface area contributed by atoms with Gasteiger partial charge in [-0.25, -0.2) is 4.39 Å². The summed E-state index contributed by atoms with van der Waals surface area (Å²) in [6.45, 7) is 0. The quantitative estimate of drug-likeness (QED) is 0.653. The molecular weight excluding hydrogens is 315 g/mol. The Morgan fingerprint density at radius 1 is 1.33 bits per heavy atom. The molecule has 1 aromatic carbocycles. The fraction of sp³-hybridized carbons (Fsp3) is 0.231. The Morgan fingerprint density at radius 3 is 2.83 bits per heavy atom. The third-order valence-electron chi connectivity index (χ3n) is 2.74. The van der Waals surface area contributed by atoms with Crippen LogP contribution in [0.2, 0.25) is 0 Å². The van der Waals surface area contributed by atoms with E-state index < -0.39 is 0 Å². The summed E-state index contributed by atoms with van der Waals surface area (Å²) in [5.41, 5.74) is 3.72. The van der Waals surface area contributed by atoms with Crippen LogP contribution >= 0.6 is 27.3 Å². The van der Waals surface area contributed by atoms with E-state index in [1.54, 1.807) is 23.5 Å². The Hall–Kier alpha value is -0.750. The predicted octanol–water partition coefficient (Wildman–Crippen LogP) is 3.27. The minimum atomic E-state index is -0.222. The number of halogens is 2. The van der Waals surface area contributed by atoms with Gasteiger partial charge in [0.2, 0.25) is 0 Å². The minimum Gasteiger partial charge on any atom is -0.271 e. The molecule has 0 saturated heterocycles. The highest BCUT2D eigenvalue weighted by Gasteiger charge is 2.12. The van der Waals surface area contributed by atoms with Crippen molar-refractivity contribution in [3.05, 3.63) is 56.4 Å². The molecule has 0 amide bonds. The van der Waals surface area contributed by atoms with E-state index in [-0.39, 0.29) is 11.9 Å². The second-order valence-corrected chi connectivity index (χ2v) is 5.97. The lowest BCUT2D eigenvalue weighted by molar-refractivity contribution is 0.522. The van der Waals surface area contributed by atoms with E-state index in [0.29, 0.717) is 6.42 Å². The van der Waals surface area contributed by atoms with Crippen LogP contribution in [0.25, 0.3) is 0 Å². The molecule has 0 aliphatic heterocycles. The number of thiophene rings is 1. The summed E-state index contributed by atoms with van der Waals surface area (Å²) >= 11 is 5.14. The number of hydrazine groups is 1. The SMILES string of the molecule is NNC(Cc1cccs1)Cc1cc(F)ccc1Br. The molecule has 0 bridgehead atoms. The molecule has 0 aliphatic rings. The molecule has 2 aromatic rings. The summed E-state index contributed by atoms with van der Waals surface area (Å²) < 4.78 is 14.1. The van der Waals surface area contributed by atoms with Gasteiger partial charge in [-0.2, -0.15) is 0 Å². The van der Waals surface area contributed by atoms with Crippen LogP contribution in [-0.2, 0) is 12.8 Å². The van der Waals surface area contributed by atoms with Crippen molar-refractivity contribution in [2.24, 2.45) is 5.84 Å². The van der Waals surface area contributed by atoms with Gasteiger partial charge in [0.25, 0.3) is 0 Å². The number of hydrogen-bond donors (Lipinski definition) is 2. The maximum Gasteiger partial charge on any atom is 0.123 e. The minimum absolute atomic E-state index is 0.0988. The summed E-state index contributed by atoms with van der Waals surface area (Å²) in [5, 5.41) is 2.04. The van der Waals surface area contributed by atoms with Crippen molar-refractivity contribution in [1.29, 1.82) is 0 Å². The summed E-state index contributed by atoms with van der Waals surface area (Å²) in [6.07, 6.45) is 1.53. The lowest BCUT2D eigenvalue weighted by Gasteiger charge is -2.16. The van der Waals surface area contributed by atoms with Crippen LogP contribution < -0.4 is 11.3 Å². The zero-order chi connectivity index (χ0) is 13.0. The maximum atomic E-state index is 13.2. The Bertz CT molecular complexity index is 502. The Labute approximate surface area is 118 Å². The Balaban J connectivity index is 2.07. The van der Waals surface area contributed by atoms with Gasteiger partial charge in [0.05, 0.1) is 0 Å². The summed E-state index contributed by atoms with van der Waals surface area (Å²) in [6, 6.07) is 8.91. The first kappa shape index (κ1) is 13.7. The maximum absolute atomic E-state index is 13.2. The Morgan fingerprint density at radius 2 is 2.17 bits per heavy atom. The second kappa shape index (κ2) is 6.43. The van der Waals surface area contributed by atoms with E-state index in [2.05, 4.69) is 27.4 Å². The van der Waals surface area contributed by atoms with Gasteiger partial charge in [-0.1, -0.05) is 22.0 Å². The van der Waals surface area contributed by atoms with Crippen molar-refractivity contribution >= 4 is 27.3 Å². The largest absolute Gasteiger partial charge is 0.271 e. The van der Waals surface area contributed by atoms with Crippen molar-refractivity contribution in [2.75, 3.05) is 0 Å². The van der Waals surface area contributed by atoms with Gasteiger partial charge in [0, 0.05) is 15.4 Å². The van der Waals surface area contributed by atoms with Gasteiger partial charge in [0.1, 0.15) is 5.82 Å². The van der Waals surface area contributed by atoms with Gasteiger partial charge >= 0.3 is 0 Å². The third kappa shape index (κ3) is 3.62. The van der Waals surface area contributed by atoms with Crippen LogP contribution in [0, 0.1) is 5.82 Å². The van der Waals surface area contributed by atoms with Gasteiger partial charge in [-0.3, -0.25) is 11.3 Å². The average Bonchev–Trinajstić information content (AvgIpc) is 2.85. The molecule has 2 rings (SSSR count). The van der Waals surface area contributed by atoms with E-state index in [1.165, 1.54) is 10.9 Å². The first-order valence-electron chi connectivity index (χ1n) is 5.61. The topological polar surface area (TPSA) is 38.0 Å². The van der Waals surface area contributed by atoms with Crippen molar-refractivity contribution in [2.45, 2.75) is 18.9 Å². The molecular formula is C13H14BrFN2S. The zero-order valence-corrected chi connectivity index (χ0v) is 12.1. The third-order valence-corrected chi connectivity index (χ3v) is 4.41. The van der Waals surface area contributed by atoms with Crippen LogP contribution in [0.15, 0.2) is 40.2 Å². The molecule has 5 heteroatoms. The standard InChI is InChI=1S/C13H14BrFN2S/c14-13-4-3-10(15)6-9(13)7-11(17-16)8-12-2-1-5-18-12/h1-6,11,17H,7-8,16H2. The predicted molar refractivity (Wildman–Crippen MR) is 76.9 cm³/mol. The van der Waals surface area contributed by atoms with Gasteiger partial charge in [-0.15, -0.1) is 11.3 Å². The van der Waals surface area contributed by atoms with Crippen molar-refractivity contribution in [3.8, 4) is 0 Å². The fourth-order valence-corrected chi connectivity index (χ4v) is 3.02. The van der Waals surface area contributed by atoms with Gasteiger partial charge in [-0.05, 0) is 48.1 Å². The number of nitrogens with two attached hydrogens (primary N) is 1. The lowest BCUT2D eigenvalue weighted by Crippen LogP contribution is -2.38. The average molecular weight is 329 g/mol. The van der Waals surface area contributed by atoms with E-state index in [1.807, 2.05) is 11.4 Å². The zero-order valence-electron chi connectivity index (χ0n) is 9.70. The van der Waals surface area contributed by atoms with Crippen LogP contribution in [0.4, 0.5) is 4.39 Å². The molecule has 0 aliphatic carbocycles. The first-order valence-corrected chi connectivity index (χ1v) is 7.28. The number of nitrogens with one attached hydrogen (secondary N) is 1. The highest BCUT2D eigenvalue weighted by Crippen LogP contribution is 2.21. The molecule has 1 unspecified atom stereocenters. The van der Waals surface area contributed by atoms with Gasteiger partial charge < -0.3 is 0 Å². The fourth-order valence-electron chi connectivity index (χ4n) is 1.83. The molecule has 0 spiro atoms. The Kier molecular flexibility index (Phi) is 4.88. The summed E-state index contributed by atoms with van der Waals surface area (Å²) in [7, 11) is 0. The van der Waals surface area contributed by atoms with Crippen molar-refractivity contribution in [1.82, 2.24) is 5.43 Å². The van der Waals surface area contributed by atoms with Crippen LogP contribution in [0.1, 0.15) is 10.4 Å². The molecule has 0 fully saturated rings.